The molecule has 0 aromatic heterocycles. The number of nitrogens with one attached hydrogen (secondary N) is 1. The Balaban J connectivity index is -0.0000000510. The summed E-state index contributed by atoms with van der Waals surface area (Å²) in [6, 6.07) is 0. The Morgan fingerprint density at radius 1 is 0.905 bits per heavy atom. The van der Waals surface area contributed by atoms with Gasteiger partial charge in [0.15, 0.2) is 0 Å². The highest BCUT2D eigenvalue weighted by molar-refractivity contribution is 5.72. The first kappa shape index (κ1) is 31.8. The van der Waals surface area contributed by atoms with Crippen LogP contribution in [0, 0.1) is 23.7 Å². The van der Waals surface area contributed by atoms with Gasteiger partial charge in [0, 0.05) is 27.7 Å². The second-order valence-corrected chi connectivity index (χ2v) is 3.38. The average Bonchev–Trinajstić information content (AvgIpc) is 2.55. The molecule has 0 aromatic carbocycles. The molecule has 3 heteroatoms. The van der Waals surface area contributed by atoms with Crippen LogP contribution in [0.2, 0.25) is 0 Å². The van der Waals surface area contributed by atoms with Crippen LogP contribution in [0.1, 0.15) is 68.2 Å². The van der Waals surface area contributed by atoms with Gasteiger partial charge in [-0.1, -0.05) is 26.7 Å². The summed E-state index contributed by atoms with van der Waals surface area (Å²) in [6.07, 6.45) is 2.64. The minimum Gasteiger partial charge on any atom is -0.385 e. The largest absolute Gasteiger partial charge is 0.385 e. The van der Waals surface area contributed by atoms with Crippen molar-refractivity contribution in [3.8, 4) is 23.7 Å². The summed E-state index contributed by atoms with van der Waals surface area (Å²) >= 11 is 0. The van der Waals surface area contributed by atoms with E-state index in [1.807, 2.05) is 34.6 Å². The molecule has 0 aliphatic rings. The molecule has 0 aliphatic carbocycles. The summed E-state index contributed by atoms with van der Waals surface area (Å²) in [5.41, 5.74) is 0. The summed E-state index contributed by atoms with van der Waals surface area (Å²) in [4.78, 5) is 9.70. The molecule has 0 aliphatic heterocycles. The van der Waals surface area contributed by atoms with Crippen LogP contribution in [0.4, 0.5) is 0 Å². The smallest absolute Gasteiger partial charge is 0.216 e. The molecule has 126 valence electrons. The quantitative estimate of drug-likeness (QED) is 0.773. The Morgan fingerprint density at radius 3 is 1.10 bits per heavy atom. The van der Waals surface area contributed by atoms with Crippen molar-refractivity contribution in [3.05, 3.63) is 0 Å². The first-order chi connectivity index (χ1) is 9.93. The third-order valence-electron chi connectivity index (χ3n) is 1.64. The number of carbonyl (C=O) groups excluding carboxylic acids is 1. The molecule has 0 bridgehead atoms. The van der Waals surface area contributed by atoms with Gasteiger partial charge in [0.2, 0.25) is 5.91 Å². The van der Waals surface area contributed by atoms with Crippen molar-refractivity contribution in [3.63, 3.8) is 0 Å². The number of methoxy groups -OCH3 is 1. The van der Waals surface area contributed by atoms with E-state index >= 15 is 0 Å². The fourth-order valence-electron chi connectivity index (χ4n) is 0. The van der Waals surface area contributed by atoms with E-state index in [2.05, 4.69) is 47.6 Å². The fraction of sp³-hybridized carbons (Fsp3) is 0.722. The van der Waals surface area contributed by atoms with E-state index in [4.69, 9.17) is 0 Å². The molecular weight excluding hydrogens is 262 g/mol. The van der Waals surface area contributed by atoms with Crippen LogP contribution < -0.4 is 5.32 Å². The molecule has 0 saturated carbocycles. The number of rotatable bonds is 2. The lowest BCUT2D eigenvalue weighted by Crippen LogP contribution is -2.11. The Bertz CT molecular complexity index is 226. The van der Waals surface area contributed by atoms with Crippen molar-refractivity contribution >= 4 is 5.91 Å². The Morgan fingerprint density at radius 2 is 1.10 bits per heavy atom. The van der Waals surface area contributed by atoms with Gasteiger partial charge in [-0.15, -0.1) is 23.7 Å². The minimum atomic E-state index is 0.00463. The summed E-state index contributed by atoms with van der Waals surface area (Å²) in [5, 5.41) is 2.39. The molecule has 0 unspecified atom stereocenters. The van der Waals surface area contributed by atoms with Gasteiger partial charge in [-0.05, 0) is 34.6 Å². The molecular formula is C18H37NO2. The molecule has 0 saturated heterocycles. The molecule has 3 nitrogen and oxygen atoms in total. The van der Waals surface area contributed by atoms with E-state index in [1.54, 1.807) is 14.2 Å². The van der Waals surface area contributed by atoms with Gasteiger partial charge in [-0.2, -0.15) is 0 Å². The number of hydrogen-bond donors (Lipinski definition) is 1. The summed E-state index contributed by atoms with van der Waals surface area (Å²) in [7, 11) is 3.28. The summed E-state index contributed by atoms with van der Waals surface area (Å²) < 4.78 is 4.54. The highest BCUT2D eigenvalue weighted by Gasteiger charge is 1.72. The van der Waals surface area contributed by atoms with E-state index in [9.17, 15) is 4.79 Å². The number of carbonyl (C=O) groups is 1. The molecule has 0 fully saturated rings. The van der Waals surface area contributed by atoms with E-state index < -0.39 is 0 Å². The highest BCUT2D eigenvalue weighted by atomic mass is 16.5. The molecule has 0 radical (unpaired) electrons. The van der Waals surface area contributed by atoms with Crippen LogP contribution in [-0.2, 0) is 9.53 Å². The van der Waals surface area contributed by atoms with Crippen LogP contribution >= 0.6 is 0 Å². The number of amides is 1. The van der Waals surface area contributed by atoms with Crippen LogP contribution in [0.3, 0.4) is 0 Å². The fourth-order valence-corrected chi connectivity index (χ4v) is 0. The topological polar surface area (TPSA) is 38.3 Å². The van der Waals surface area contributed by atoms with Gasteiger partial charge in [-0.25, -0.2) is 0 Å². The maximum atomic E-state index is 9.70. The zero-order valence-electron chi connectivity index (χ0n) is 15.9. The van der Waals surface area contributed by atoms with Gasteiger partial charge >= 0.3 is 0 Å². The molecule has 1 N–H and O–H groups in total. The van der Waals surface area contributed by atoms with Gasteiger partial charge in [0.25, 0.3) is 0 Å². The van der Waals surface area contributed by atoms with Crippen molar-refractivity contribution < 1.29 is 9.53 Å². The molecule has 0 heterocycles. The summed E-state index contributed by atoms with van der Waals surface area (Å²) in [5.74, 6) is 10.7. The summed E-state index contributed by atoms with van der Waals surface area (Å²) in [6.45, 7) is 15.9. The predicted molar refractivity (Wildman–Crippen MR) is 96.1 cm³/mol. The van der Waals surface area contributed by atoms with E-state index in [0.717, 1.165) is 6.61 Å². The zero-order valence-corrected chi connectivity index (χ0v) is 15.9. The highest BCUT2D eigenvalue weighted by Crippen LogP contribution is 1.76. The van der Waals surface area contributed by atoms with Crippen LogP contribution in [0.15, 0.2) is 0 Å². The minimum absolute atomic E-state index is 0.00463. The molecule has 0 rings (SSSR count). The van der Waals surface area contributed by atoms with Crippen LogP contribution in [0.25, 0.3) is 0 Å². The monoisotopic (exact) mass is 299 g/mol. The third kappa shape index (κ3) is 245. The zero-order chi connectivity index (χ0) is 17.9. The number of unbranched alkanes of at least 4 members (excludes halogenated alkanes) is 1. The Labute approximate surface area is 134 Å². The standard InChI is InChI=1S/C4H10.2C4H6.C3H7NO.C3H8O/c3*1-3-4-2;1-3(5)4-2;1-3-4-2/h3-4H2,1-2H3;2*1-2H3;1-2H3,(H,4,5);3H2,1-2H3. The van der Waals surface area contributed by atoms with Crippen LogP contribution in [-0.4, -0.2) is 26.7 Å². The second-order valence-electron chi connectivity index (χ2n) is 3.38. The van der Waals surface area contributed by atoms with Gasteiger partial charge in [-0.3, -0.25) is 4.79 Å². The first-order valence-electron chi connectivity index (χ1n) is 7.27. The van der Waals surface area contributed by atoms with E-state index in [-0.39, 0.29) is 5.91 Å². The van der Waals surface area contributed by atoms with E-state index in [0.29, 0.717) is 0 Å². The average molecular weight is 299 g/mol. The third-order valence-corrected chi connectivity index (χ3v) is 1.64. The Kier molecular flexibility index (Phi) is 77.7. The van der Waals surface area contributed by atoms with Gasteiger partial charge in [0.05, 0.1) is 0 Å². The number of hydrogen-bond acceptors (Lipinski definition) is 2. The lowest BCUT2D eigenvalue weighted by atomic mass is 10.4. The van der Waals surface area contributed by atoms with Crippen molar-refractivity contribution in [1.82, 2.24) is 5.32 Å². The lowest BCUT2D eigenvalue weighted by molar-refractivity contribution is -0.118. The normalized spacial score (nSPS) is 5.81. The van der Waals surface area contributed by atoms with Crippen molar-refractivity contribution in [2.24, 2.45) is 0 Å². The lowest BCUT2D eigenvalue weighted by Gasteiger charge is -1.80. The van der Waals surface area contributed by atoms with E-state index in [1.165, 1.54) is 19.8 Å². The molecule has 0 spiro atoms. The Hall–Kier alpha value is -1.45. The second kappa shape index (κ2) is 51.3. The van der Waals surface area contributed by atoms with Gasteiger partial charge < -0.3 is 10.1 Å². The van der Waals surface area contributed by atoms with Crippen molar-refractivity contribution in [2.45, 2.75) is 68.2 Å². The molecule has 1 amide bonds. The van der Waals surface area contributed by atoms with Crippen molar-refractivity contribution in [2.75, 3.05) is 20.8 Å². The number of ether oxygens (including phenoxy) is 1. The predicted octanol–water partition coefficient (Wildman–Crippen LogP) is 4.27. The van der Waals surface area contributed by atoms with Crippen molar-refractivity contribution in [1.29, 1.82) is 0 Å². The SMILES string of the molecule is CC#CC.CC#CC.CCCC.CCOC.CNC(C)=O. The molecule has 0 atom stereocenters. The molecule has 21 heavy (non-hydrogen) atoms. The van der Waals surface area contributed by atoms with Crippen LogP contribution in [0.5, 0.6) is 0 Å². The molecule has 0 aromatic rings. The maximum Gasteiger partial charge on any atom is 0.216 e. The van der Waals surface area contributed by atoms with Gasteiger partial charge in [0.1, 0.15) is 0 Å². The first-order valence-corrected chi connectivity index (χ1v) is 7.27. The maximum absolute atomic E-state index is 9.70.